The van der Waals surface area contributed by atoms with Crippen molar-refractivity contribution in [2.45, 2.75) is 13.5 Å². The molecule has 4 aromatic rings. The van der Waals surface area contributed by atoms with E-state index >= 15 is 0 Å². The van der Waals surface area contributed by atoms with Gasteiger partial charge in [0, 0.05) is 24.5 Å². The van der Waals surface area contributed by atoms with Gasteiger partial charge in [-0.05, 0) is 37.3 Å². The van der Waals surface area contributed by atoms with Crippen molar-refractivity contribution in [2.24, 2.45) is 0 Å². The Balaban J connectivity index is 1.62. The zero-order valence-electron chi connectivity index (χ0n) is 15.0. The minimum Gasteiger partial charge on any atom is -0.392 e. The minimum absolute atomic E-state index is 0.0786. The summed E-state index contributed by atoms with van der Waals surface area (Å²) in [6.07, 6.45) is 1.68. The van der Waals surface area contributed by atoms with Gasteiger partial charge in [0.05, 0.1) is 6.61 Å². The average molecular weight is 377 g/mol. The van der Waals surface area contributed by atoms with Crippen LogP contribution in [0.3, 0.4) is 0 Å². The Morgan fingerprint density at radius 2 is 1.89 bits per heavy atom. The van der Waals surface area contributed by atoms with Crippen LogP contribution in [0.5, 0.6) is 0 Å². The van der Waals surface area contributed by atoms with E-state index in [0.29, 0.717) is 10.9 Å². The molecule has 2 N–H and O–H groups in total. The van der Waals surface area contributed by atoms with Crippen molar-refractivity contribution in [3.63, 3.8) is 0 Å². The maximum Gasteiger partial charge on any atom is 0.190 e. The van der Waals surface area contributed by atoms with Crippen molar-refractivity contribution in [1.29, 1.82) is 0 Å². The maximum absolute atomic E-state index is 9.44. The molecular weight excluding hydrogens is 358 g/mol. The second-order valence-corrected chi connectivity index (χ2v) is 7.18. The number of hydrogen-bond acceptors (Lipinski definition) is 7. The first-order valence-corrected chi connectivity index (χ1v) is 9.35. The molecule has 136 valence electrons. The van der Waals surface area contributed by atoms with Crippen LogP contribution in [0, 0.1) is 6.92 Å². The van der Waals surface area contributed by atoms with Gasteiger partial charge in [-0.3, -0.25) is 0 Å². The van der Waals surface area contributed by atoms with Gasteiger partial charge >= 0.3 is 0 Å². The Labute approximate surface area is 161 Å². The molecule has 0 bridgehead atoms. The van der Waals surface area contributed by atoms with Crippen LogP contribution >= 0.6 is 11.3 Å². The summed E-state index contributed by atoms with van der Waals surface area (Å²) in [5, 5.41) is 13.3. The molecule has 6 nitrogen and oxygen atoms in total. The number of hydrogen-bond donors (Lipinski definition) is 2. The monoisotopic (exact) mass is 377 g/mol. The molecular formula is C20H19N5OS. The number of rotatable bonds is 5. The number of thiazole rings is 1. The van der Waals surface area contributed by atoms with Crippen molar-refractivity contribution in [3.8, 4) is 0 Å². The molecule has 0 aliphatic carbocycles. The summed E-state index contributed by atoms with van der Waals surface area (Å²) in [5.74, 6) is 1.46. The highest BCUT2D eigenvalue weighted by Crippen LogP contribution is 2.30. The Morgan fingerprint density at radius 1 is 1.07 bits per heavy atom. The van der Waals surface area contributed by atoms with Crippen molar-refractivity contribution in [1.82, 2.24) is 15.0 Å². The molecule has 3 aromatic heterocycles. The van der Waals surface area contributed by atoms with Crippen molar-refractivity contribution in [2.75, 3.05) is 17.3 Å². The molecule has 0 radical (unpaired) electrons. The topological polar surface area (TPSA) is 74.2 Å². The van der Waals surface area contributed by atoms with E-state index in [2.05, 4.69) is 46.5 Å². The van der Waals surface area contributed by atoms with Gasteiger partial charge in [-0.15, -0.1) is 0 Å². The fourth-order valence-electron chi connectivity index (χ4n) is 2.73. The normalized spacial score (nSPS) is 10.9. The predicted octanol–water partition coefficient (Wildman–Crippen LogP) is 4.40. The van der Waals surface area contributed by atoms with Crippen molar-refractivity contribution >= 4 is 44.1 Å². The summed E-state index contributed by atoms with van der Waals surface area (Å²) in [7, 11) is 2.00. The van der Waals surface area contributed by atoms with Crippen molar-refractivity contribution in [3.05, 3.63) is 65.9 Å². The third-order valence-corrected chi connectivity index (χ3v) is 5.17. The van der Waals surface area contributed by atoms with E-state index in [-0.39, 0.29) is 6.61 Å². The van der Waals surface area contributed by atoms with Crippen LogP contribution in [0.15, 0.2) is 54.7 Å². The average Bonchev–Trinajstić information content (AvgIpc) is 3.10. The van der Waals surface area contributed by atoms with Gasteiger partial charge in [-0.1, -0.05) is 35.1 Å². The highest BCUT2D eigenvalue weighted by molar-refractivity contribution is 7.21. The van der Waals surface area contributed by atoms with E-state index in [4.69, 9.17) is 4.98 Å². The SMILES string of the molecule is Cc1ccc(N(C)c2ccc3nc(Nc4ncccc4CO)sc3n2)cc1. The molecule has 0 aliphatic heterocycles. The van der Waals surface area contributed by atoms with Gasteiger partial charge in [0.15, 0.2) is 5.13 Å². The maximum atomic E-state index is 9.44. The molecule has 1 aromatic carbocycles. The molecule has 0 aliphatic rings. The lowest BCUT2D eigenvalue weighted by Gasteiger charge is -2.18. The number of pyridine rings is 2. The number of benzene rings is 1. The van der Waals surface area contributed by atoms with E-state index in [1.165, 1.54) is 16.9 Å². The Morgan fingerprint density at radius 3 is 2.67 bits per heavy atom. The second kappa shape index (κ2) is 7.30. The van der Waals surface area contributed by atoms with Gasteiger partial charge in [-0.2, -0.15) is 0 Å². The summed E-state index contributed by atoms with van der Waals surface area (Å²) in [6, 6.07) is 15.9. The first kappa shape index (κ1) is 17.4. The van der Waals surface area contributed by atoms with Crippen LogP contribution in [0.4, 0.5) is 22.5 Å². The van der Waals surface area contributed by atoms with Crippen LogP contribution in [0.1, 0.15) is 11.1 Å². The third kappa shape index (κ3) is 3.60. The second-order valence-electron chi connectivity index (χ2n) is 6.20. The molecule has 0 atom stereocenters. The Hall–Kier alpha value is -3.03. The van der Waals surface area contributed by atoms with Gasteiger partial charge in [0.2, 0.25) is 0 Å². The lowest BCUT2D eigenvalue weighted by atomic mass is 10.2. The first-order valence-electron chi connectivity index (χ1n) is 8.54. The van der Waals surface area contributed by atoms with Gasteiger partial charge in [0.25, 0.3) is 0 Å². The summed E-state index contributed by atoms with van der Waals surface area (Å²) in [4.78, 5) is 16.5. The Bertz CT molecular complexity index is 1080. The van der Waals surface area contributed by atoms with Crippen LogP contribution in [-0.4, -0.2) is 27.1 Å². The quantitative estimate of drug-likeness (QED) is 0.537. The molecule has 0 unspecified atom stereocenters. The molecule has 7 heteroatoms. The van der Waals surface area contributed by atoms with Crippen LogP contribution in [-0.2, 0) is 6.61 Å². The zero-order chi connectivity index (χ0) is 18.8. The van der Waals surface area contributed by atoms with E-state index in [1.54, 1.807) is 12.3 Å². The fourth-order valence-corrected chi connectivity index (χ4v) is 3.56. The van der Waals surface area contributed by atoms with Gasteiger partial charge < -0.3 is 15.3 Å². The molecule has 0 amide bonds. The largest absolute Gasteiger partial charge is 0.392 e. The molecule has 4 rings (SSSR count). The zero-order valence-corrected chi connectivity index (χ0v) is 15.9. The van der Waals surface area contributed by atoms with E-state index in [9.17, 15) is 5.11 Å². The summed E-state index contributed by atoms with van der Waals surface area (Å²) in [5.41, 5.74) is 3.86. The molecule has 0 saturated heterocycles. The molecule has 0 fully saturated rings. The predicted molar refractivity (Wildman–Crippen MR) is 110 cm³/mol. The Kier molecular flexibility index (Phi) is 4.70. The first-order chi connectivity index (χ1) is 13.1. The molecule has 0 saturated carbocycles. The highest BCUT2D eigenvalue weighted by Gasteiger charge is 2.11. The lowest BCUT2D eigenvalue weighted by Crippen LogP contribution is -2.10. The smallest absolute Gasteiger partial charge is 0.190 e. The lowest BCUT2D eigenvalue weighted by molar-refractivity contribution is 0.282. The summed E-state index contributed by atoms with van der Waals surface area (Å²) < 4.78 is 0. The van der Waals surface area contributed by atoms with E-state index in [1.807, 2.05) is 30.1 Å². The standard InChI is InChI=1S/C20H19N5OS/c1-13-5-7-15(8-6-13)25(2)17-10-9-16-19(23-17)27-20(22-16)24-18-14(12-26)4-3-11-21-18/h3-11,26H,12H2,1-2H3,(H,21,22,24). The number of anilines is 4. The molecule has 3 heterocycles. The minimum atomic E-state index is -0.0786. The third-order valence-electron chi connectivity index (χ3n) is 4.29. The number of nitrogens with zero attached hydrogens (tertiary/aromatic N) is 4. The van der Waals surface area contributed by atoms with Gasteiger partial charge in [-0.25, -0.2) is 15.0 Å². The van der Waals surface area contributed by atoms with E-state index in [0.717, 1.165) is 27.4 Å². The van der Waals surface area contributed by atoms with Crippen molar-refractivity contribution < 1.29 is 5.11 Å². The summed E-state index contributed by atoms with van der Waals surface area (Å²) in [6.45, 7) is 1.99. The highest BCUT2D eigenvalue weighted by atomic mass is 32.1. The number of aliphatic hydroxyl groups excluding tert-OH is 1. The summed E-state index contributed by atoms with van der Waals surface area (Å²) >= 11 is 1.46. The molecule has 0 spiro atoms. The van der Waals surface area contributed by atoms with Crippen LogP contribution in [0.25, 0.3) is 10.3 Å². The fraction of sp³-hybridized carbons (Fsp3) is 0.150. The molecule has 27 heavy (non-hydrogen) atoms. The number of aliphatic hydroxyl groups is 1. The van der Waals surface area contributed by atoms with Crippen LogP contribution < -0.4 is 10.2 Å². The van der Waals surface area contributed by atoms with Crippen LogP contribution in [0.2, 0.25) is 0 Å². The number of aryl methyl sites for hydroxylation is 1. The van der Waals surface area contributed by atoms with E-state index < -0.39 is 0 Å². The number of nitrogens with one attached hydrogen (secondary N) is 1. The number of fused-ring (bicyclic) bond motifs is 1. The van der Waals surface area contributed by atoms with Gasteiger partial charge in [0.1, 0.15) is 22.0 Å². The number of aromatic nitrogens is 3.